The second kappa shape index (κ2) is 7.74. The van der Waals surface area contributed by atoms with Crippen molar-refractivity contribution in [2.24, 2.45) is 0 Å². The Morgan fingerprint density at radius 3 is 2.72 bits per heavy atom. The Bertz CT molecular complexity index is 801. The molecule has 0 radical (unpaired) electrons. The maximum atomic E-state index is 13.4. The zero-order valence-corrected chi connectivity index (χ0v) is 17.2. The van der Waals surface area contributed by atoms with Gasteiger partial charge in [0.1, 0.15) is 17.6 Å². The molecule has 3 saturated carbocycles. The van der Waals surface area contributed by atoms with Gasteiger partial charge in [0.15, 0.2) is 6.61 Å². The van der Waals surface area contributed by atoms with Crippen LogP contribution >= 0.6 is 11.6 Å². The Hall–Kier alpha value is -1.90. The highest BCUT2D eigenvalue weighted by Crippen LogP contribution is 2.60. The van der Waals surface area contributed by atoms with Crippen LogP contribution in [-0.4, -0.2) is 53.6 Å². The number of nitrogens with zero attached hydrogens (tertiary/aromatic N) is 1. The van der Waals surface area contributed by atoms with Crippen LogP contribution in [0.3, 0.4) is 0 Å². The third-order valence-corrected chi connectivity index (χ3v) is 6.23. The lowest BCUT2D eigenvalue weighted by Crippen LogP contribution is -2.84. The molecule has 1 saturated heterocycles. The van der Waals surface area contributed by atoms with Crippen molar-refractivity contribution in [3.05, 3.63) is 29.0 Å². The van der Waals surface area contributed by atoms with Crippen LogP contribution < -0.4 is 20.8 Å². The summed E-state index contributed by atoms with van der Waals surface area (Å²) in [6.07, 6.45) is 4.06. The fraction of sp³-hybridized carbons (Fsp3) is 0.600. The SMILES string of the molecule is CCCN1CCC(C(=O)NC23CC(NC(=O)COc4ccc(Cl)c(F)c4)(C2)C3)N1. The molecule has 1 aromatic rings. The van der Waals surface area contributed by atoms with Gasteiger partial charge in [0.2, 0.25) is 5.91 Å². The molecule has 4 fully saturated rings. The average molecular weight is 425 g/mol. The normalized spacial score (nSPS) is 30.2. The van der Waals surface area contributed by atoms with E-state index >= 15 is 0 Å². The number of hydrogen-bond donors (Lipinski definition) is 3. The first-order valence-electron chi connectivity index (χ1n) is 10.0. The Labute approximate surface area is 174 Å². The van der Waals surface area contributed by atoms with Crippen LogP contribution in [0, 0.1) is 5.82 Å². The molecule has 7 nitrogen and oxygen atoms in total. The van der Waals surface area contributed by atoms with E-state index in [1.807, 2.05) is 0 Å². The minimum absolute atomic E-state index is 0.00823. The molecule has 1 atom stereocenters. The predicted octanol–water partition coefficient (Wildman–Crippen LogP) is 1.75. The van der Waals surface area contributed by atoms with E-state index in [0.29, 0.717) is 0 Å². The molecule has 2 amide bonds. The molecule has 3 N–H and O–H groups in total. The maximum absolute atomic E-state index is 13.4. The molecule has 3 aliphatic carbocycles. The maximum Gasteiger partial charge on any atom is 0.258 e. The molecule has 9 heteroatoms. The zero-order valence-electron chi connectivity index (χ0n) is 16.4. The third kappa shape index (κ3) is 4.20. The number of carbonyl (C=O) groups excluding carboxylic acids is 2. The van der Waals surface area contributed by atoms with Crippen molar-refractivity contribution in [2.75, 3.05) is 19.7 Å². The van der Waals surface area contributed by atoms with Crippen molar-refractivity contribution in [1.29, 1.82) is 0 Å². The fourth-order valence-corrected chi connectivity index (χ4v) is 4.84. The summed E-state index contributed by atoms with van der Waals surface area (Å²) in [6, 6.07) is 3.88. The van der Waals surface area contributed by atoms with E-state index < -0.39 is 5.82 Å². The minimum atomic E-state index is -0.587. The molecule has 4 aliphatic rings. The molecule has 0 spiro atoms. The summed E-state index contributed by atoms with van der Waals surface area (Å²) in [5.74, 6) is -0.551. The molecule has 1 aromatic carbocycles. The van der Waals surface area contributed by atoms with E-state index in [2.05, 4.69) is 28.0 Å². The molecule has 1 heterocycles. The average Bonchev–Trinajstić information content (AvgIpc) is 3.09. The van der Waals surface area contributed by atoms with Crippen molar-refractivity contribution in [2.45, 2.75) is 56.1 Å². The second-order valence-corrected chi connectivity index (χ2v) is 8.86. The highest BCUT2D eigenvalue weighted by Gasteiger charge is 2.69. The van der Waals surface area contributed by atoms with Gasteiger partial charge in [0.05, 0.1) is 5.02 Å². The van der Waals surface area contributed by atoms with E-state index in [9.17, 15) is 14.0 Å². The third-order valence-electron chi connectivity index (χ3n) is 5.92. The fourth-order valence-electron chi connectivity index (χ4n) is 4.72. The number of ether oxygens (including phenoxy) is 1. The Morgan fingerprint density at radius 2 is 2.03 bits per heavy atom. The van der Waals surface area contributed by atoms with Crippen molar-refractivity contribution in [1.82, 2.24) is 21.1 Å². The van der Waals surface area contributed by atoms with Gasteiger partial charge in [0, 0.05) is 30.2 Å². The van der Waals surface area contributed by atoms with Crippen molar-refractivity contribution >= 4 is 23.4 Å². The van der Waals surface area contributed by atoms with Crippen LogP contribution in [0.4, 0.5) is 4.39 Å². The lowest BCUT2D eigenvalue weighted by molar-refractivity contribution is -0.151. The number of rotatable bonds is 8. The zero-order chi connectivity index (χ0) is 20.6. The lowest BCUT2D eigenvalue weighted by atomic mass is 9.44. The molecule has 1 unspecified atom stereocenters. The van der Waals surface area contributed by atoms with E-state index in [1.54, 1.807) is 0 Å². The van der Waals surface area contributed by atoms with E-state index in [-0.39, 0.29) is 46.3 Å². The van der Waals surface area contributed by atoms with Crippen LogP contribution in [0.2, 0.25) is 5.02 Å². The van der Waals surface area contributed by atoms with Crippen LogP contribution in [-0.2, 0) is 9.59 Å². The molecular weight excluding hydrogens is 399 g/mol. The van der Waals surface area contributed by atoms with Crippen LogP contribution in [0.1, 0.15) is 39.0 Å². The first-order chi connectivity index (χ1) is 13.8. The number of carbonyl (C=O) groups is 2. The number of amides is 2. The van der Waals surface area contributed by atoms with Gasteiger partial charge in [-0.2, -0.15) is 0 Å². The number of hydrogen-bond acceptors (Lipinski definition) is 5. The highest BCUT2D eigenvalue weighted by molar-refractivity contribution is 6.30. The van der Waals surface area contributed by atoms with Gasteiger partial charge in [-0.3, -0.25) is 9.59 Å². The van der Waals surface area contributed by atoms with Gasteiger partial charge in [-0.1, -0.05) is 18.5 Å². The monoisotopic (exact) mass is 424 g/mol. The van der Waals surface area contributed by atoms with Gasteiger partial charge >= 0.3 is 0 Å². The first kappa shape index (κ1) is 20.4. The number of halogens is 2. The Morgan fingerprint density at radius 1 is 1.31 bits per heavy atom. The minimum Gasteiger partial charge on any atom is -0.484 e. The molecule has 29 heavy (non-hydrogen) atoms. The summed E-state index contributed by atoms with van der Waals surface area (Å²) >= 11 is 5.63. The van der Waals surface area contributed by atoms with E-state index in [1.165, 1.54) is 12.1 Å². The van der Waals surface area contributed by atoms with Crippen LogP contribution in [0.25, 0.3) is 0 Å². The van der Waals surface area contributed by atoms with Gasteiger partial charge < -0.3 is 15.4 Å². The van der Waals surface area contributed by atoms with Gasteiger partial charge in [0.25, 0.3) is 5.91 Å². The van der Waals surface area contributed by atoms with Crippen molar-refractivity contribution < 1.29 is 18.7 Å². The van der Waals surface area contributed by atoms with Crippen LogP contribution in [0.15, 0.2) is 18.2 Å². The van der Waals surface area contributed by atoms with E-state index in [4.69, 9.17) is 16.3 Å². The first-order valence-corrected chi connectivity index (χ1v) is 10.4. The second-order valence-electron chi connectivity index (χ2n) is 8.45. The quantitative estimate of drug-likeness (QED) is 0.592. The number of benzene rings is 1. The number of hydrazine groups is 1. The molecule has 1 aliphatic heterocycles. The largest absolute Gasteiger partial charge is 0.484 e. The summed E-state index contributed by atoms with van der Waals surface area (Å²) in [6.45, 7) is 3.75. The van der Waals surface area contributed by atoms with Crippen molar-refractivity contribution in [3.8, 4) is 5.75 Å². The summed E-state index contributed by atoms with van der Waals surface area (Å²) in [4.78, 5) is 24.7. The molecule has 2 bridgehead atoms. The molecule has 0 aromatic heterocycles. The summed E-state index contributed by atoms with van der Waals surface area (Å²) in [5.41, 5.74) is 2.82. The van der Waals surface area contributed by atoms with Crippen LogP contribution in [0.5, 0.6) is 5.75 Å². The molecular formula is C20H26ClFN4O3. The standard InChI is InChI=1S/C20H26ClFN4O3/c1-2-6-26-7-5-16(25-26)18(28)24-20-10-19(11-20,12-20)23-17(27)9-29-13-3-4-14(21)15(22)8-13/h3-4,8,16,25H,2,5-7,9-12H2,1H3,(H,23,27)(H,24,28). The van der Waals surface area contributed by atoms with Gasteiger partial charge in [-0.15, -0.1) is 0 Å². The van der Waals surface area contributed by atoms with Gasteiger partial charge in [-0.05, 0) is 44.2 Å². The Balaban J connectivity index is 1.18. The van der Waals surface area contributed by atoms with E-state index in [0.717, 1.165) is 51.3 Å². The number of nitrogens with one attached hydrogen (secondary N) is 3. The smallest absolute Gasteiger partial charge is 0.258 e. The molecule has 158 valence electrons. The van der Waals surface area contributed by atoms with Gasteiger partial charge in [-0.25, -0.2) is 14.8 Å². The summed E-state index contributed by atoms with van der Waals surface area (Å²) in [7, 11) is 0. The predicted molar refractivity (Wildman–Crippen MR) is 106 cm³/mol. The summed E-state index contributed by atoms with van der Waals surface area (Å²) < 4.78 is 18.7. The summed E-state index contributed by atoms with van der Waals surface area (Å²) in [5, 5.41) is 8.26. The van der Waals surface area contributed by atoms with Crippen molar-refractivity contribution in [3.63, 3.8) is 0 Å². The highest BCUT2D eigenvalue weighted by atomic mass is 35.5. The Kier molecular flexibility index (Phi) is 5.44. The molecule has 5 rings (SSSR count). The lowest BCUT2D eigenvalue weighted by Gasteiger charge is -2.70. The topological polar surface area (TPSA) is 82.7 Å².